The van der Waals surface area contributed by atoms with Crippen LogP contribution in [0.25, 0.3) is 10.9 Å². The number of carbonyl (C=O) groups excluding carboxylic acids is 1. The van der Waals surface area contributed by atoms with Crippen molar-refractivity contribution in [3.63, 3.8) is 0 Å². The number of hydrogen-bond acceptors (Lipinski definition) is 10. The molecule has 1 aliphatic heterocycles. The summed E-state index contributed by atoms with van der Waals surface area (Å²) < 4.78 is 9.49. The summed E-state index contributed by atoms with van der Waals surface area (Å²) in [5, 5.41) is 4.18. The van der Waals surface area contributed by atoms with Crippen LogP contribution >= 0.6 is 23.5 Å². The molecule has 0 spiro atoms. The molecule has 3 aromatic heterocycles. The lowest BCUT2D eigenvalue weighted by Gasteiger charge is -2.25. The molecule has 42 heavy (non-hydrogen) atoms. The van der Waals surface area contributed by atoms with E-state index in [0.29, 0.717) is 46.2 Å². The highest BCUT2D eigenvalue weighted by molar-refractivity contribution is 7.97. The minimum atomic E-state index is -0.352. The van der Waals surface area contributed by atoms with Crippen LogP contribution in [-0.4, -0.2) is 56.9 Å². The van der Waals surface area contributed by atoms with Gasteiger partial charge in [0, 0.05) is 37.9 Å². The van der Waals surface area contributed by atoms with Gasteiger partial charge in [-0.05, 0) is 49.4 Å². The molecular weight excluding hydrogens is 576 g/mol. The highest BCUT2D eigenvalue weighted by atomic mass is 35.5. The molecule has 4 heterocycles. The van der Waals surface area contributed by atoms with Crippen LogP contribution in [0.1, 0.15) is 46.2 Å². The van der Waals surface area contributed by atoms with Gasteiger partial charge in [0.05, 0.1) is 47.8 Å². The predicted octanol–water partition coefficient (Wildman–Crippen LogP) is 4.12. The summed E-state index contributed by atoms with van der Waals surface area (Å²) in [5.41, 5.74) is 4.03. The van der Waals surface area contributed by atoms with E-state index in [9.17, 15) is 9.59 Å². The third kappa shape index (κ3) is 5.02. The van der Waals surface area contributed by atoms with Gasteiger partial charge in [-0.15, -0.1) is 0 Å². The number of ether oxygens (including phenoxy) is 1. The van der Waals surface area contributed by atoms with Crippen molar-refractivity contribution in [2.45, 2.75) is 25.8 Å². The monoisotopic (exact) mass is 606 g/mol. The van der Waals surface area contributed by atoms with E-state index >= 15 is 0 Å². The minimum Gasteiger partial charge on any atom is -0.480 e. The second-order valence-corrected chi connectivity index (χ2v) is 11.8. The van der Waals surface area contributed by atoms with Crippen LogP contribution in [0.2, 0.25) is 5.15 Å². The Morgan fingerprint density at radius 2 is 1.93 bits per heavy atom. The lowest BCUT2D eigenvalue weighted by molar-refractivity contribution is 0.0980. The van der Waals surface area contributed by atoms with Crippen molar-refractivity contribution in [1.29, 1.82) is 0 Å². The number of amides is 1. The lowest BCUT2D eigenvalue weighted by atomic mass is 10.0. The number of aryl methyl sites for hydroxylation is 1. The summed E-state index contributed by atoms with van der Waals surface area (Å²) in [6.07, 6.45) is 5.22. The van der Waals surface area contributed by atoms with E-state index < -0.39 is 0 Å². The van der Waals surface area contributed by atoms with Gasteiger partial charge in [0.25, 0.3) is 11.5 Å². The molecule has 2 aliphatic rings. The van der Waals surface area contributed by atoms with E-state index in [1.54, 1.807) is 49.5 Å². The molecule has 0 radical (unpaired) electrons. The number of rotatable bonds is 8. The summed E-state index contributed by atoms with van der Waals surface area (Å²) in [7, 11) is 3.36. The first kappa shape index (κ1) is 28.2. The predicted molar refractivity (Wildman–Crippen MR) is 165 cm³/mol. The number of fused-ring (bicyclic) bond motifs is 2. The number of pyridine rings is 1. The van der Waals surface area contributed by atoms with Gasteiger partial charge >= 0.3 is 0 Å². The summed E-state index contributed by atoms with van der Waals surface area (Å²) in [5.74, 6) is 2.01. The van der Waals surface area contributed by atoms with Crippen molar-refractivity contribution in [2.24, 2.45) is 18.9 Å². The van der Waals surface area contributed by atoms with Gasteiger partial charge in [-0.3, -0.25) is 23.9 Å². The molecule has 2 fully saturated rings. The molecule has 13 heteroatoms. The van der Waals surface area contributed by atoms with E-state index in [4.69, 9.17) is 21.3 Å². The zero-order chi connectivity index (χ0) is 29.7. The number of benzene rings is 1. The fourth-order valence-corrected chi connectivity index (χ4v) is 6.49. The Kier molecular flexibility index (Phi) is 7.44. The molecule has 3 unspecified atom stereocenters. The topological polar surface area (TPSA) is 127 Å². The maximum Gasteiger partial charge on any atom is 0.281 e. The Labute approximate surface area is 252 Å². The third-order valence-electron chi connectivity index (χ3n) is 8.12. The molecular formula is C29H31ClN8O3S. The Hall–Kier alpha value is -3.90. The first-order valence-corrected chi connectivity index (χ1v) is 15.2. The Morgan fingerprint density at radius 3 is 2.60 bits per heavy atom. The van der Waals surface area contributed by atoms with Crippen molar-refractivity contribution < 1.29 is 9.53 Å². The summed E-state index contributed by atoms with van der Waals surface area (Å²) in [4.78, 5) is 46.7. The van der Waals surface area contributed by atoms with Crippen molar-refractivity contribution in [3.05, 3.63) is 74.7 Å². The average molecular weight is 607 g/mol. The number of carbonyl (C=O) groups is 1. The van der Waals surface area contributed by atoms with E-state index in [0.717, 1.165) is 29.9 Å². The van der Waals surface area contributed by atoms with Gasteiger partial charge in [0.1, 0.15) is 5.15 Å². The van der Waals surface area contributed by atoms with Gasteiger partial charge in [0.15, 0.2) is 5.69 Å². The third-order valence-corrected chi connectivity index (χ3v) is 8.72. The Morgan fingerprint density at radius 1 is 1.17 bits per heavy atom. The van der Waals surface area contributed by atoms with Gasteiger partial charge in [-0.1, -0.05) is 29.6 Å². The molecule has 6 rings (SSSR count). The largest absolute Gasteiger partial charge is 0.480 e. The number of hydrogen-bond donors (Lipinski definition) is 2. The molecule has 1 aromatic carbocycles. The fourth-order valence-electron chi connectivity index (χ4n) is 6.06. The maximum absolute atomic E-state index is 13.6. The van der Waals surface area contributed by atoms with Crippen LogP contribution in [0, 0.1) is 18.8 Å². The number of aromatic nitrogens is 5. The van der Waals surface area contributed by atoms with Crippen LogP contribution < -0.4 is 25.2 Å². The van der Waals surface area contributed by atoms with Gasteiger partial charge < -0.3 is 15.0 Å². The lowest BCUT2D eigenvalue weighted by Crippen LogP contribution is -2.32. The molecule has 4 aromatic rings. The second-order valence-electron chi connectivity index (χ2n) is 10.8. The average Bonchev–Trinajstić information content (AvgIpc) is 3.48. The van der Waals surface area contributed by atoms with Gasteiger partial charge in [-0.2, -0.15) is 0 Å². The first-order valence-electron chi connectivity index (χ1n) is 13.6. The van der Waals surface area contributed by atoms with Crippen LogP contribution in [-0.2, 0) is 7.05 Å². The molecule has 1 amide bonds. The van der Waals surface area contributed by atoms with Crippen molar-refractivity contribution in [3.8, 4) is 5.88 Å². The van der Waals surface area contributed by atoms with E-state index in [2.05, 4.69) is 29.9 Å². The van der Waals surface area contributed by atoms with Crippen molar-refractivity contribution in [2.75, 3.05) is 36.7 Å². The number of methoxy groups -OCH3 is 1. The standard InChI is InChI=1S/C29H31ClN8O3S/c1-14-8-16(15(2)33-20-6-7-22(30)34-26(20)27(39)36-42-5)25-17(9-14)28(40)37(3)29(35-25)38-12-18-19(13-38)24(18)21-10-32-23(41-4)11-31-21/h6-11,15,18-19,24,33H,12-13H2,1-5H3,(H,36,39). The van der Waals surface area contributed by atoms with Crippen molar-refractivity contribution >= 4 is 52.0 Å². The highest BCUT2D eigenvalue weighted by Gasteiger charge is 2.57. The minimum absolute atomic E-state index is 0.0986. The molecule has 1 aliphatic carbocycles. The summed E-state index contributed by atoms with van der Waals surface area (Å²) >= 11 is 7.29. The van der Waals surface area contributed by atoms with Gasteiger partial charge in [0.2, 0.25) is 11.8 Å². The number of nitrogens with one attached hydrogen (secondary N) is 2. The number of anilines is 2. The molecule has 1 saturated heterocycles. The molecule has 1 saturated carbocycles. The van der Waals surface area contributed by atoms with Crippen molar-refractivity contribution in [1.82, 2.24) is 29.2 Å². The van der Waals surface area contributed by atoms with E-state index in [-0.39, 0.29) is 28.4 Å². The molecule has 218 valence electrons. The van der Waals surface area contributed by atoms with Crippen LogP contribution in [0.5, 0.6) is 5.88 Å². The quantitative estimate of drug-likeness (QED) is 0.223. The summed E-state index contributed by atoms with van der Waals surface area (Å²) in [6.45, 7) is 5.51. The SMILES string of the molecule is COc1cnc(C2C3CN(c4nc5c(C(C)Nc6ccc(Cl)nc6C(=O)NSC)cc(C)cc5c(=O)n4C)CC32)cn1. The Balaban J connectivity index is 1.31. The zero-order valence-electron chi connectivity index (χ0n) is 23.9. The molecule has 0 bridgehead atoms. The van der Waals surface area contributed by atoms with Crippen LogP contribution in [0.15, 0.2) is 41.5 Å². The number of nitrogens with zero attached hydrogens (tertiary/aromatic N) is 6. The molecule has 3 atom stereocenters. The normalized spacial score (nSPS) is 19.9. The van der Waals surface area contributed by atoms with Gasteiger partial charge in [-0.25, -0.2) is 15.0 Å². The van der Waals surface area contributed by atoms with E-state index in [1.165, 1.54) is 11.9 Å². The van der Waals surface area contributed by atoms with E-state index in [1.807, 2.05) is 26.0 Å². The maximum atomic E-state index is 13.6. The molecule has 11 nitrogen and oxygen atoms in total. The fraction of sp³-hybridized carbons (Fsp3) is 0.379. The second kappa shape index (κ2) is 11.1. The number of piperidine rings is 1. The van der Waals surface area contributed by atoms with Crippen LogP contribution in [0.3, 0.4) is 0 Å². The summed E-state index contributed by atoms with van der Waals surface area (Å²) in [6, 6.07) is 6.98. The first-order chi connectivity index (χ1) is 20.2. The smallest absolute Gasteiger partial charge is 0.281 e. The van der Waals surface area contributed by atoms with Crippen LogP contribution in [0.4, 0.5) is 11.6 Å². The molecule has 2 N–H and O–H groups in total. The zero-order valence-corrected chi connectivity index (χ0v) is 25.5. The number of halogens is 1. The Bertz CT molecular complexity index is 1740. The highest BCUT2D eigenvalue weighted by Crippen LogP contribution is 2.58.